The van der Waals surface area contributed by atoms with Crippen LogP contribution in [0.15, 0.2) is 115 Å². The van der Waals surface area contributed by atoms with E-state index in [0.29, 0.717) is 0 Å². The fourth-order valence-electron chi connectivity index (χ4n) is 5.54. The molecule has 0 fully saturated rings. The summed E-state index contributed by atoms with van der Waals surface area (Å²) >= 11 is 0. The molecule has 0 N–H and O–H groups in total. The molecule has 2 heteroatoms. The van der Waals surface area contributed by atoms with E-state index >= 15 is 0 Å². The van der Waals surface area contributed by atoms with Gasteiger partial charge in [0.25, 0.3) is 0 Å². The maximum absolute atomic E-state index is 4.06. The molecule has 0 saturated heterocycles. The number of benzene rings is 4. The first-order valence-electron chi connectivity index (χ1n) is 12.5. The van der Waals surface area contributed by atoms with Gasteiger partial charge in [0.1, 0.15) is 6.04 Å². The Morgan fingerprint density at radius 3 is 1.77 bits per heavy atom. The normalized spacial score (nSPS) is 15.6. The van der Waals surface area contributed by atoms with Crippen LogP contribution in [-0.2, 0) is 6.42 Å². The SMILES string of the molecule is CC(C)(C)[Si](C#CC1c2ccccc2CCN1c1ccccc1)(c1ccccc1)c1ccccc1. The van der Waals surface area contributed by atoms with Gasteiger partial charge in [-0.2, -0.15) is 0 Å². The summed E-state index contributed by atoms with van der Waals surface area (Å²) in [6, 6.07) is 41.7. The van der Waals surface area contributed by atoms with E-state index in [1.54, 1.807) is 0 Å². The van der Waals surface area contributed by atoms with Gasteiger partial charge < -0.3 is 4.90 Å². The molecule has 1 aliphatic rings. The van der Waals surface area contributed by atoms with Crippen LogP contribution in [0.4, 0.5) is 5.69 Å². The lowest BCUT2D eigenvalue weighted by molar-refractivity contribution is 0.681. The number of hydrogen-bond donors (Lipinski definition) is 0. The van der Waals surface area contributed by atoms with Crippen LogP contribution in [-0.4, -0.2) is 14.6 Å². The molecule has 0 radical (unpaired) electrons. The lowest BCUT2D eigenvalue weighted by Gasteiger charge is -2.41. The van der Waals surface area contributed by atoms with E-state index in [4.69, 9.17) is 0 Å². The summed E-state index contributed by atoms with van der Waals surface area (Å²) in [5, 5.41) is 2.76. The lowest BCUT2D eigenvalue weighted by atomic mass is 9.92. The van der Waals surface area contributed by atoms with Gasteiger partial charge in [0.05, 0.1) is 0 Å². The third-order valence-electron chi connectivity index (χ3n) is 7.31. The van der Waals surface area contributed by atoms with Crippen LogP contribution >= 0.6 is 0 Å². The minimum atomic E-state index is -2.47. The standard InChI is InChI=1S/C33H33NSi/c1-33(2,3)35(29-18-9-5-10-19-29,30-20-11-6-12-21-30)26-24-32-31-22-14-13-15-27(31)23-25-34(32)28-16-7-4-8-17-28/h4-22,32H,23,25H2,1-3H3. The summed E-state index contributed by atoms with van der Waals surface area (Å²) in [5.41, 5.74) is 8.06. The van der Waals surface area contributed by atoms with Gasteiger partial charge >= 0.3 is 0 Å². The molecule has 1 heterocycles. The van der Waals surface area contributed by atoms with Gasteiger partial charge in [-0.3, -0.25) is 0 Å². The number of fused-ring (bicyclic) bond motifs is 1. The first kappa shape index (κ1) is 23.2. The highest BCUT2D eigenvalue weighted by molar-refractivity contribution is 7.10. The Kier molecular flexibility index (Phi) is 6.37. The largest absolute Gasteiger partial charge is 0.353 e. The number of anilines is 1. The minimum Gasteiger partial charge on any atom is -0.353 e. The zero-order chi connectivity index (χ0) is 24.3. The molecule has 1 unspecified atom stereocenters. The fourth-order valence-corrected chi connectivity index (χ4v) is 10.0. The summed E-state index contributed by atoms with van der Waals surface area (Å²) in [5.74, 6) is 3.91. The second-order valence-corrected chi connectivity index (χ2v) is 14.8. The highest BCUT2D eigenvalue weighted by Gasteiger charge is 2.47. The Balaban J connectivity index is 1.74. The van der Waals surface area contributed by atoms with Crippen LogP contribution < -0.4 is 15.3 Å². The minimum absolute atomic E-state index is 0.00840. The summed E-state index contributed by atoms with van der Waals surface area (Å²) < 4.78 is 0. The summed E-state index contributed by atoms with van der Waals surface area (Å²) in [4.78, 5) is 2.49. The van der Waals surface area contributed by atoms with Crippen LogP contribution in [0.1, 0.15) is 37.9 Å². The summed E-state index contributed by atoms with van der Waals surface area (Å²) in [6.07, 6.45) is 1.04. The predicted molar refractivity (Wildman–Crippen MR) is 152 cm³/mol. The molecule has 4 aromatic rings. The molecule has 0 amide bonds. The molecule has 1 atom stereocenters. The molecule has 5 rings (SSSR count). The molecular weight excluding hydrogens is 438 g/mol. The van der Waals surface area contributed by atoms with Crippen molar-refractivity contribution in [2.75, 3.05) is 11.4 Å². The number of hydrogen-bond acceptors (Lipinski definition) is 1. The van der Waals surface area contributed by atoms with Gasteiger partial charge in [-0.15, -0.1) is 5.54 Å². The molecule has 0 aromatic heterocycles. The van der Waals surface area contributed by atoms with Crippen LogP contribution in [0.5, 0.6) is 0 Å². The number of rotatable bonds is 3. The Labute approximate surface area is 211 Å². The second-order valence-electron chi connectivity index (χ2n) is 10.4. The topological polar surface area (TPSA) is 3.24 Å². The van der Waals surface area contributed by atoms with Crippen molar-refractivity contribution in [1.29, 1.82) is 0 Å². The molecule has 4 aromatic carbocycles. The second kappa shape index (κ2) is 9.60. The molecule has 0 saturated carbocycles. The monoisotopic (exact) mass is 471 g/mol. The number of para-hydroxylation sites is 1. The van der Waals surface area contributed by atoms with Gasteiger partial charge in [-0.25, -0.2) is 0 Å². The van der Waals surface area contributed by atoms with Gasteiger partial charge in [0.2, 0.25) is 8.07 Å². The van der Waals surface area contributed by atoms with Crippen molar-refractivity contribution in [3.8, 4) is 11.5 Å². The van der Waals surface area contributed by atoms with E-state index in [0.717, 1.165) is 13.0 Å². The zero-order valence-electron chi connectivity index (χ0n) is 20.9. The quantitative estimate of drug-likeness (QED) is 0.247. The molecule has 0 bridgehead atoms. The average molecular weight is 472 g/mol. The predicted octanol–water partition coefficient (Wildman–Crippen LogP) is 6.40. The van der Waals surface area contributed by atoms with Crippen LogP contribution in [0.25, 0.3) is 0 Å². The average Bonchev–Trinajstić information content (AvgIpc) is 2.90. The summed E-state index contributed by atoms with van der Waals surface area (Å²) in [6.45, 7) is 8.09. The lowest BCUT2D eigenvalue weighted by Crippen LogP contribution is -2.63. The smallest absolute Gasteiger partial charge is 0.204 e. The summed E-state index contributed by atoms with van der Waals surface area (Å²) in [7, 11) is -2.47. The maximum atomic E-state index is 4.06. The van der Waals surface area contributed by atoms with Crippen LogP contribution in [0.2, 0.25) is 5.04 Å². The number of nitrogens with zero attached hydrogens (tertiary/aromatic N) is 1. The molecule has 1 nitrogen and oxygen atoms in total. The fraction of sp³-hybridized carbons (Fsp3) is 0.212. The van der Waals surface area contributed by atoms with Crippen molar-refractivity contribution in [2.24, 2.45) is 0 Å². The van der Waals surface area contributed by atoms with Crippen LogP contribution in [0, 0.1) is 11.5 Å². The molecular formula is C33H33NSi. The van der Waals surface area contributed by atoms with E-state index in [1.165, 1.54) is 27.2 Å². The van der Waals surface area contributed by atoms with E-state index in [1.807, 2.05) is 0 Å². The highest BCUT2D eigenvalue weighted by atomic mass is 28.3. The Hall–Kier alpha value is -3.54. The molecule has 174 valence electrons. The van der Waals surface area contributed by atoms with Crippen molar-refractivity contribution in [3.63, 3.8) is 0 Å². The third kappa shape index (κ3) is 4.33. The van der Waals surface area contributed by atoms with Gasteiger partial charge in [0, 0.05) is 12.2 Å². The van der Waals surface area contributed by atoms with Crippen molar-refractivity contribution >= 4 is 24.1 Å². The van der Waals surface area contributed by atoms with Crippen molar-refractivity contribution in [2.45, 2.75) is 38.3 Å². The van der Waals surface area contributed by atoms with Crippen molar-refractivity contribution in [1.82, 2.24) is 0 Å². The third-order valence-corrected chi connectivity index (χ3v) is 12.5. The molecule has 0 spiro atoms. The maximum Gasteiger partial charge on any atom is 0.204 e. The van der Waals surface area contributed by atoms with Crippen LogP contribution in [0.3, 0.4) is 0 Å². The Bertz CT molecular complexity index is 1290. The van der Waals surface area contributed by atoms with Gasteiger partial charge in [-0.05, 0) is 45.1 Å². The first-order valence-corrected chi connectivity index (χ1v) is 14.5. The van der Waals surface area contributed by atoms with E-state index in [-0.39, 0.29) is 11.1 Å². The molecule has 35 heavy (non-hydrogen) atoms. The van der Waals surface area contributed by atoms with E-state index in [2.05, 4.69) is 152 Å². The molecule has 0 aliphatic carbocycles. The van der Waals surface area contributed by atoms with Gasteiger partial charge in [0.15, 0.2) is 0 Å². The van der Waals surface area contributed by atoms with E-state index in [9.17, 15) is 0 Å². The van der Waals surface area contributed by atoms with Crippen molar-refractivity contribution < 1.29 is 0 Å². The first-order chi connectivity index (χ1) is 17.0. The Morgan fingerprint density at radius 2 is 1.20 bits per heavy atom. The van der Waals surface area contributed by atoms with Crippen molar-refractivity contribution in [3.05, 3.63) is 126 Å². The highest BCUT2D eigenvalue weighted by Crippen LogP contribution is 2.37. The molecule has 1 aliphatic heterocycles. The zero-order valence-corrected chi connectivity index (χ0v) is 21.9. The Morgan fingerprint density at radius 1 is 0.686 bits per heavy atom. The van der Waals surface area contributed by atoms with E-state index < -0.39 is 8.07 Å². The van der Waals surface area contributed by atoms with Gasteiger partial charge in [-0.1, -0.05) is 130 Å².